The van der Waals surface area contributed by atoms with Gasteiger partial charge in [0, 0.05) is 32.7 Å². The number of hydrogen-bond acceptors (Lipinski definition) is 3. The molecular formula is C15H27N3. The zero-order valence-electron chi connectivity index (χ0n) is 11.6. The summed E-state index contributed by atoms with van der Waals surface area (Å²) in [7, 11) is 0. The second-order valence-electron chi connectivity index (χ2n) is 7.41. The molecule has 0 aromatic carbocycles. The molecule has 0 amide bonds. The Morgan fingerprint density at radius 1 is 0.722 bits per heavy atom. The van der Waals surface area contributed by atoms with Crippen LogP contribution in [-0.2, 0) is 0 Å². The van der Waals surface area contributed by atoms with E-state index in [1.165, 1.54) is 84.2 Å². The minimum atomic E-state index is 0.630. The first-order valence-electron chi connectivity index (χ1n) is 8.00. The molecule has 18 heavy (non-hydrogen) atoms. The van der Waals surface area contributed by atoms with E-state index in [9.17, 15) is 0 Å². The maximum Gasteiger partial charge on any atom is 0.0203 e. The predicted octanol–water partition coefficient (Wildman–Crippen LogP) is 1.85. The highest BCUT2D eigenvalue weighted by molar-refractivity contribution is 4.98. The van der Waals surface area contributed by atoms with E-state index >= 15 is 0 Å². The molecule has 1 saturated carbocycles. The summed E-state index contributed by atoms with van der Waals surface area (Å²) in [6.45, 7) is 7.87. The number of nitrogens with zero attached hydrogens (tertiary/aromatic N) is 2. The first-order valence-corrected chi connectivity index (χ1v) is 8.00. The van der Waals surface area contributed by atoms with Crippen LogP contribution in [0.2, 0.25) is 0 Å². The third-order valence-electron chi connectivity index (χ3n) is 6.23. The van der Waals surface area contributed by atoms with Gasteiger partial charge in [0.2, 0.25) is 0 Å². The Hall–Kier alpha value is -0.120. The van der Waals surface area contributed by atoms with Crippen molar-refractivity contribution in [2.75, 3.05) is 39.3 Å². The van der Waals surface area contributed by atoms with Crippen molar-refractivity contribution in [3.63, 3.8) is 0 Å². The van der Waals surface area contributed by atoms with Gasteiger partial charge in [0.05, 0.1) is 0 Å². The average molecular weight is 249 g/mol. The van der Waals surface area contributed by atoms with Gasteiger partial charge in [0.15, 0.2) is 0 Å². The fourth-order valence-corrected chi connectivity index (χ4v) is 4.98. The van der Waals surface area contributed by atoms with Crippen LogP contribution >= 0.6 is 0 Å². The van der Waals surface area contributed by atoms with Crippen molar-refractivity contribution in [3.8, 4) is 0 Å². The van der Waals surface area contributed by atoms with E-state index in [0.717, 1.165) is 5.41 Å². The number of nitrogens with one attached hydrogen (secondary N) is 1. The van der Waals surface area contributed by atoms with Gasteiger partial charge in [-0.3, -0.25) is 0 Å². The van der Waals surface area contributed by atoms with Gasteiger partial charge in [-0.2, -0.15) is 0 Å². The number of hydrazine groups is 1. The Balaban J connectivity index is 1.40. The fourth-order valence-electron chi connectivity index (χ4n) is 4.98. The molecule has 1 aliphatic carbocycles. The van der Waals surface area contributed by atoms with Crippen LogP contribution in [0.4, 0.5) is 0 Å². The van der Waals surface area contributed by atoms with Crippen LogP contribution in [0, 0.1) is 10.8 Å². The van der Waals surface area contributed by atoms with Crippen molar-refractivity contribution in [2.24, 2.45) is 10.8 Å². The van der Waals surface area contributed by atoms with Crippen molar-refractivity contribution < 1.29 is 0 Å². The van der Waals surface area contributed by atoms with Gasteiger partial charge >= 0.3 is 0 Å². The highest BCUT2D eigenvalue weighted by atomic mass is 15.6. The molecular weight excluding hydrogens is 222 g/mol. The van der Waals surface area contributed by atoms with Gasteiger partial charge in [0.1, 0.15) is 0 Å². The lowest BCUT2D eigenvalue weighted by molar-refractivity contribution is 0.000425. The summed E-state index contributed by atoms with van der Waals surface area (Å²) >= 11 is 0. The third kappa shape index (κ3) is 1.83. The monoisotopic (exact) mass is 249 g/mol. The molecule has 3 nitrogen and oxygen atoms in total. The lowest BCUT2D eigenvalue weighted by Gasteiger charge is -2.31. The summed E-state index contributed by atoms with van der Waals surface area (Å²) in [6.07, 6.45) is 10.3. The van der Waals surface area contributed by atoms with Crippen LogP contribution in [0.3, 0.4) is 0 Å². The molecule has 3 heterocycles. The van der Waals surface area contributed by atoms with Crippen molar-refractivity contribution >= 4 is 0 Å². The molecule has 4 fully saturated rings. The molecule has 1 unspecified atom stereocenters. The molecule has 0 bridgehead atoms. The molecule has 0 aromatic heterocycles. The van der Waals surface area contributed by atoms with Crippen molar-refractivity contribution in [1.29, 1.82) is 0 Å². The Labute approximate surface area is 111 Å². The first-order chi connectivity index (χ1) is 8.79. The molecule has 1 N–H and O–H groups in total. The summed E-state index contributed by atoms with van der Waals surface area (Å²) in [5, 5.41) is 9.00. The van der Waals surface area contributed by atoms with Crippen LogP contribution in [0.15, 0.2) is 0 Å². The van der Waals surface area contributed by atoms with E-state index in [-0.39, 0.29) is 0 Å². The molecule has 0 radical (unpaired) electrons. The van der Waals surface area contributed by atoms with Gasteiger partial charge < -0.3 is 5.32 Å². The normalized spacial score (nSPS) is 40.7. The second kappa shape index (κ2) is 4.19. The maximum atomic E-state index is 3.57. The molecule has 2 spiro atoms. The molecule has 3 aliphatic heterocycles. The molecule has 3 saturated heterocycles. The van der Waals surface area contributed by atoms with Crippen molar-refractivity contribution in [1.82, 2.24) is 15.3 Å². The van der Waals surface area contributed by atoms with Crippen molar-refractivity contribution in [3.05, 3.63) is 0 Å². The van der Waals surface area contributed by atoms with Crippen LogP contribution in [0.5, 0.6) is 0 Å². The topological polar surface area (TPSA) is 18.5 Å². The molecule has 0 aromatic rings. The highest BCUT2D eigenvalue weighted by Gasteiger charge is 2.46. The zero-order chi connectivity index (χ0) is 12.1. The smallest absolute Gasteiger partial charge is 0.0203 e. The summed E-state index contributed by atoms with van der Waals surface area (Å²) in [5.74, 6) is 0. The SMILES string of the molecule is C1CCC2(C1)CCN(N1CCC3(CCNC3)C1)C2. The highest BCUT2D eigenvalue weighted by Crippen LogP contribution is 2.47. The van der Waals surface area contributed by atoms with Gasteiger partial charge in [-0.25, -0.2) is 10.0 Å². The fraction of sp³-hybridized carbons (Fsp3) is 1.00. The van der Waals surface area contributed by atoms with E-state index in [0.29, 0.717) is 5.41 Å². The Bertz CT molecular complexity index is 284. The molecule has 1 atom stereocenters. The minimum Gasteiger partial charge on any atom is -0.316 e. The minimum absolute atomic E-state index is 0.630. The van der Waals surface area contributed by atoms with Crippen LogP contribution < -0.4 is 5.32 Å². The predicted molar refractivity (Wildman–Crippen MR) is 73.2 cm³/mol. The van der Waals surface area contributed by atoms with Gasteiger partial charge in [-0.05, 0) is 49.5 Å². The second-order valence-corrected chi connectivity index (χ2v) is 7.41. The molecule has 3 heteroatoms. The number of rotatable bonds is 1. The lowest BCUT2D eigenvalue weighted by atomic mass is 9.86. The van der Waals surface area contributed by atoms with Crippen molar-refractivity contribution in [2.45, 2.75) is 44.9 Å². The van der Waals surface area contributed by atoms with Crippen LogP contribution in [0.25, 0.3) is 0 Å². The van der Waals surface area contributed by atoms with Gasteiger partial charge in [-0.15, -0.1) is 0 Å². The Morgan fingerprint density at radius 3 is 2.06 bits per heavy atom. The van der Waals surface area contributed by atoms with E-state index in [1.54, 1.807) is 0 Å². The molecule has 102 valence electrons. The Kier molecular flexibility index (Phi) is 2.72. The van der Waals surface area contributed by atoms with Crippen LogP contribution in [-0.4, -0.2) is 49.3 Å². The third-order valence-corrected chi connectivity index (χ3v) is 6.23. The summed E-state index contributed by atoms with van der Waals surface area (Å²) in [4.78, 5) is 0. The summed E-state index contributed by atoms with van der Waals surface area (Å²) in [5.41, 5.74) is 1.36. The van der Waals surface area contributed by atoms with Crippen LogP contribution in [0.1, 0.15) is 44.9 Å². The van der Waals surface area contributed by atoms with E-state index < -0.39 is 0 Å². The van der Waals surface area contributed by atoms with E-state index in [2.05, 4.69) is 15.3 Å². The lowest BCUT2D eigenvalue weighted by Crippen LogP contribution is -2.42. The summed E-state index contributed by atoms with van der Waals surface area (Å²) < 4.78 is 0. The first kappa shape index (κ1) is 11.7. The summed E-state index contributed by atoms with van der Waals surface area (Å²) in [6, 6.07) is 0. The molecule has 4 aliphatic rings. The Morgan fingerprint density at radius 2 is 1.39 bits per heavy atom. The maximum absolute atomic E-state index is 3.57. The average Bonchev–Trinajstić information content (AvgIpc) is 3.12. The van der Waals surface area contributed by atoms with E-state index in [4.69, 9.17) is 0 Å². The number of hydrogen-bond donors (Lipinski definition) is 1. The van der Waals surface area contributed by atoms with Gasteiger partial charge in [-0.1, -0.05) is 12.8 Å². The van der Waals surface area contributed by atoms with E-state index in [1.807, 2.05) is 0 Å². The standard InChI is InChI=1S/C15H27N3/c1-2-4-14(3-1)6-9-17(12-14)18-10-7-15(13-18)5-8-16-11-15/h16H,1-13H2. The quantitative estimate of drug-likeness (QED) is 0.765. The van der Waals surface area contributed by atoms with Gasteiger partial charge in [0.25, 0.3) is 0 Å². The largest absolute Gasteiger partial charge is 0.316 e. The zero-order valence-corrected chi connectivity index (χ0v) is 11.6. The molecule has 4 rings (SSSR count).